The fraction of sp³-hybridized carbons (Fsp3) is 0.190. The van der Waals surface area contributed by atoms with E-state index in [9.17, 15) is 9.59 Å². The number of nitrogens with zero attached hydrogens (tertiary/aromatic N) is 4. The summed E-state index contributed by atoms with van der Waals surface area (Å²) in [5, 5.41) is 2.87. The molecule has 0 bridgehead atoms. The van der Waals surface area contributed by atoms with Gasteiger partial charge in [0.25, 0.3) is 5.91 Å². The van der Waals surface area contributed by atoms with Crippen LogP contribution in [-0.4, -0.2) is 24.6 Å². The Hall–Kier alpha value is -3.81. The van der Waals surface area contributed by atoms with Gasteiger partial charge in [0.2, 0.25) is 0 Å². The molecule has 0 unspecified atom stereocenters. The molecule has 0 aliphatic carbocycles. The van der Waals surface area contributed by atoms with Crippen molar-refractivity contribution in [2.24, 2.45) is 21.1 Å². The van der Waals surface area contributed by atoms with E-state index in [0.717, 1.165) is 16.9 Å². The number of hydrogen-bond acceptors (Lipinski definition) is 4. The molecule has 2 heterocycles. The van der Waals surface area contributed by atoms with E-state index in [1.807, 2.05) is 23.9 Å². The first-order valence-corrected chi connectivity index (χ1v) is 9.10. The number of aromatic nitrogens is 4. The third kappa shape index (κ3) is 3.52. The molecule has 8 nitrogen and oxygen atoms in total. The molecule has 0 aliphatic heterocycles. The smallest absolute Gasteiger partial charge is 0.328 e. The van der Waals surface area contributed by atoms with Crippen molar-refractivity contribution in [1.82, 2.24) is 18.7 Å². The maximum Gasteiger partial charge on any atom is 0.328 e. The number of hydrogen-bond donors (Lipinski definition) is 1. The molecule has 0 fully saturated rings. The van der Waals surface area contributed by atoms with E-state index in [1.165, 1.54) is 0 Å². The van der Waals surface area contributed by atoms with Crippen molar-refractivity contribution in [2.75, 3.05) is 5.32 Å². The van der Waals surface area contributed by atoms with Gasteiger partial charge in [0.15, 0.2) is 0 Å². The molecule has 2 aromatic carbocycles. The van der Waals surface area contributed by atoms with Gasteiger partial charge in [-0.25, -0.2) is 9.78 Å². The predicted molar refractivity (Wildman–Crippen MR) is 110 cm³/mol. The number of anilines is 1. The summed E-state index contributed by atoms with van der Waals surface area (Å²) in [5.74, 6) is 1.24. The number of fused-ring (bicyclic) bond motifs is 1. The number of carbonyl (C=O) groups excluding carboxylic acids is 1. The molecule has 1 N–H and O–H groups in total. The molecular weight excluding hydrogens is 370 g/mol. The van der Waals surface area contributed by atoms with Crippen LogP contribution in [0.2, 0.25) is 0 Å². The zero-order chi connectivity index (χ0) is 20.5. The quantitative estimate of drug-likeness (QED) is 0.566. The topological polar surface area (TPSA) is 83.1 Å². The monoisotopic (exact) mass is 391 g/mol. The number of rotatable bonds is 5. The van der Waals surface area contributed by atoms with Crippen LogP contribution in [0.15, 0.2) is 59.7 Å². The number of carbonyl (C=O) groups is 1. The van der Waals surface area contributed by atoms with Crippen molar-refractivity contribution >= 4 is 22.6 Å². The third-order valence-electron chi connectivity index (χ3n) is 4.94. The molecule has 8 heteroatoms. The highest BCUT2D eigenvalue weighted by Gasteiger charge is 2.11. The van der Waals surface area contributed by atoms with Crippen LogP contribution in [-0.2, 0) is 27.7 Å². The van der Waals surface area contributed by atoms with Gasteiger partial charge in [-0.1, -0.05) is 0 Å². The van der Waals surface area contributed by atoms with Crippen molar-refractivity contribution in [1.29, 1.82) is 0 Å². The molecule has 0 spiro atoms. The summed E-state index contributed by atoms with van der Waals surface area (Å²) in [4.78, 5) is 28.8. The minimum atomic E-state index is -0.235. The van der Waals surface area contributed by atoms with Gasteiger partial charge in [0.1, 0.15) is 18.2 Å². The van der Waals surface area contributed by atoms with Crippen LogP contribution in [0.4, 0.5) is 5.69 Å². The second-order valence-electron chi connectivity index (χ2n) is 6.83. The van der Waals surface area contributed by atoms with Crippen molar-refractivity contribution < 1.29 is 9.53 Å². The fourth-order valence-electron chi connectivity index (χ4n) is 3.17. The number of ether oxygens (including phenoxy) is 1. The molecule has 29 heavy (non-hydrogen) atoms. The van der Waals surface area contributed by atoms with E-state index in [2.05, 4.69) is 10.3 Å². The van der Waals surface area contributed by atoms with Crippen LogP contribution in [0.1, 0.15) is 16.2 Å². The molecular formula is C21H21N5O3. The molecule has 148 valence electrons. The highest BCUT2D eigenvalue weighted by Crippen LogP contribution is 2.19. The summed E-state index contributed by atoms with van der Waals surface area (Å²) < 4.78 is 10.7. The van der Waals surface area contributed by atoms with Crippen LogP contribution >= 0.6 is 0 Å². The van der Waals surface area contributed by atoms with Crippen LogP contribution < -0.4 is 15.7 Å². The molecule has 4 aromatic rings. The summed E-state index contributed by atoms with van der Waals surface area (Å²) >= 11 is 0. The van der Waals surface area contributed by atoms with Gasteiger partial charge in [0, 0.05) is 44.8 Å². The van der Waals surface area contributed by atoms with Gasteiger partial charge in [-0.05, 0) is 42.5 Å². The fourth-order valence-corrected chi connectivity index (χ4v) is 3.17. The Morgan fingerprint density at radius 1 is 1.03 bits per heavy atom. The Morgan fingerprint density at radius 2 is 1.76 bits per heavy atom. The molecule has 0 radical (unpaired) electrons. The van der Waals surface area contributed by atoms with E-state index in [1.54, 1.807) is 65.8 Å². The van der Waals surface area contributed by atoms with Gasteiger partial charge in [0.05, 0.1) is 11.0 Å². The zero-order valence-electron chi connectivity index (χ0n) is 16.4. The van der Waals surface area contributed by atoms with Crippen LogP contribution in [0.5, 0.6) is 5.75 Å². The summed E-state index contributed by atoms with van der Waals surface area (Å²) in [5.41, 5.74) is 2.60. The summed E-state index contributed by atoms with van der Waals surface area (Å²) in [6, 6.07) is 12.3. The average Bonchev–Trinajstić information content (AvgIpc) is 3.23. The summed E-state index contributed by atoms with van der Waals surface area (Å²) in [7, 11) is 5.34. The number of aryl methyl sites for hydroxylation is 3. The van der Waals surface area contributed by atoms with Crippen LogP contribution in [0.3, 0.4) is 0 Å². The van der Waals surface area contributed by atoms with Gasteiger partial charge < -0.3 is 14.6 Å². The van der Waals surface area contributed by atoms with E-state index in [-0.39, 0.29) is 11.6 Å². The largest absolute Gasteiger partial charge is 0.486 e. The first-order valence-electron chi connectivity index (χ1n) is 9.10. The molecule has 1 amide bonds. The van der Waals surface area contributed by atoms with E-state index in [0.29, 0.717) is 23.6 Å². The lowest BCUT2D eigenvalue weighted by Crippen LogP contribution is -2.19. The predicted octanol–water partition coefficient (Wildman–Crippen LogP) is 2.44. The van der Waals surface area contributed by atoms with Gasteiger partial charge >= 0.3 is 5.69 Å². The molecule has 0 aliphatic rings. The molecule has 0 saturated carbocycles. The maximum absolute atomic E-state index is 12.6. The summed E-state index contributed by atoms with van der Waals surface area (Å²) in [6.45, 7) is 0.352. The number of nitrogens with one attached hydrogen (secondary N) is 1. The maximum atomic E-state index is 12.6. The van der Waals surface area contributed by atoms with Gasteiger partial charge in [-0.2, -0.15) is 0 Å². The molecule has 4 rings (SSSR count). The lowest BCUT2D eigenvalue weighted by Gasteiger charge is -2.08. The van der Waals surface area contributed by atoms with Crippen molar-refractivity contribution in [3.8, 4) is 5.75 Å². The van der Waals surface area contributed by atoms with Crippen molar-refractivity contribution in [2.45, 2.75) is 6.61 Å². The molecule has 2 aromatic heterocycles. The van der Waals surface area contributed by atoms with Crippen LogP contribution in [0, 0.1) is 0 Å². The van der Waals surface area contributed by atoms with Gasteiger partial charge in [-0.3, -0.25) is 13.9 Å². The Bertz CT molecular complexity index is 1250. The second kappa shape index (κ2) is 7.31. The molecule has 0 saturated heterocycles. The Labute approximate surface area is 167 Å². The Kier molecular flexibility index (Phi) is 4.67. The van der Waals surface area contributed by atoms with Crippen molar-refractivity contribution in [3.05, 3.63) is 76.7 Å². The van der Waals surface area contributed by atoms with Crippen molar-refractivity contribution in [3.63, 3.8) is 0 Å². The number of imidazole rings is 2. The standard InChI is InChI=1S/C21H21N5O3/c1-24-11-10-22-19(24)13-29-16-7-4-14(5-8-16)20(27)23-15-6-9-17-18(12-15)26(3)21(28)25(17)2/h4-12H,13H2,1-3H3,(H,23,27). The third-order valence-corrected chi connectivity index (χ3v) is 4.94. The second-order valence-corrected chi connectivity index (χ2v) is 6.83. The Balaban J connectivity index is 1.46. The number of amides is 1. The molecule has 0 atom stereocenters. The minimum absolute atomic E-state index is 0.107. The minimum Gasteiger partial charge on any atom is -0.486 e. The lowest BCUT2D eigenvalue weighted by molar-refractivity contribution is 0.102. The van der Waals surface area contributed by atoms with Gasteiger partial charge in [-0.15, -0.1) is 0 Å². The zero-order valence-corrected chi connectivity index (χ0v) is 16.4. The van der Waals surface area contributed by atoms with E-state index in [4.69, 9.17) is 4.74 Å². The lowest BCUT2D eigenvalue weighted by atomic mass is 10.2. The Morgan fingerprint density at radius 3 is 2.45 bits per heavy atom. The first kappa shape index (κ1) is 18.5. The first-order chi connectivity index (χ1) is 13.9. The number of benzene rings is 2. The van der Waals surface area contributed by atoms with E-state index < -0.39 is 0 Å². The van der Waals surface area contributed by atoms with E-state index >= 15 is 0 Å². The normalized spacial score (nSPS) is 11.0. The van der Waals surface area contributed by atoms with Crippen LogP contribution in [0.25, 0.3) is 11.0 Å². The SMILES string of the molecule is Cn1ccnc1COc1ccc(C(=O)Nc2ccc3c(c2)n(C)c(=O)n3C)cc1. The average molecular weight is 391 g/mol. The highest BCUT2D eigenvalue weighted by molar-refractivity contribution is 6.05. The highest BCUT2D eigenvalue weighted by atomic mass is 16.5. The summed E-state index contributed by atoms with van der Waals surface area (Å²) in [6.07, 6.45) is 3.58.